The first-order chi connectivity index (χ1) is 11.1. The molecule has 2 aromatic heterocycles. The molecule has 0 saturated carbocycles. The zero-order valence-corrected chi connectivity index (χ0v) is 12.9. The number of nitrogens with zero attached hydrogens (tertiary/aromatic N) is 3. The highest BCUT2D eigenvalue weighted by atomic mass is 16.5. The number of carbonyl (C=O) groups excluding carboxylic acids is 1. The molecule has 0 spiro atoms. The molecule has 7 nitrogen and oxygen atoms in total. The molecule has 23 heavy (non-hydrogen) atoms. The van der Waals surface area contributed by atoms with Gasteiger partial charge >= 0.3 is 0 Å². The normalized spacial score (nSPS) is 10.7. The predicted octanol–water partition coefficient (Wildman–Crippen LogP) is 2.91. The summed E-state index contributed by atoms with van der Waals surface area (Å²) in [4.78, 5) is 16.1. The number of anilines is 1. The zero-order chi connectivity index (χ0) is 16.2. The monoisotopic (exact) mass is 312 g/mol. The Morgan fingerprint density at radius 1 is 1.13 bits per heavy atom. The highest BCUT2D eigenvalue weighted by molar-refractivity contribution is 5.89. The summed E-state index contributed by atoms with van der Waals surface area (Å²) in [6.07, 6.45) is 0.586. The summed E-state index contributed by atoms with van der Waals surface area (Å²) < 4.78 is 10.1. The second-order valence-electron chi connectivity index (χ2n) is 5.25. The maximum Gasteiger partial charge on any atom is 0.227 e. The number of aryl methyl sites for hydroxylation is 3. The number of hydrogen-bond donors (Lipinski definition) is 1. The number of amides is 1. The van der Waals surface area contributed by atoms with Crippen molar-refractivity contribution in [1.82, 2.24) is 15.3 Å². The van der Waals surface area contributed by atoms with Crippen molar-refractivity contribution in [3.63, 3.8) is 0 Å². The van der Waals surface area contributed by atoms with E-state index in [1.54, 1.807) is 13.0 Å². The van der Waals surface area contributed by atoms with Crippen molar-refractivity contribution in [2.75, 3.05) is 5.32 Å². The maximum atomic E-state index is 11.8. The van der Waals surface area contributed by atoms with Gasteiger partial charge in [0, 0.05) is 24.5 Å². The summed E-state index contributed by atoms with van der Waals surface area (Å²) in [6, 6.07) is 9.49. The maximum absolute atomic E-state index is 11.8. The van der Waals surface area contributed by atoms with Gasteiger partial charge in [0.15, 0.2) is 5.82 Å². The fourth-order valence-electron chi connectivity index (χ4n) is 2.03. The molecule has 118 valence electrons. The first-order valence-electron chi connectivity index (χ1n) is 7.23. The third-order valence-corrected chi connectivity index (χ3v) is 3.24. The van der Waals surface area contributed by atoms with Crippen LogP contribution in [-0.2, 0) is 11.2 Å². The molecule has 3 aromatic rings. The van der Waals surface area contributed by atoms with Crippen LogP contribution in [0.25, 0.3) is 11.4 Å². The van der Waals surface area contributed by atoms with Gasteiger partial charge < -0.3 is 14.4 Å². The first kappa shape index (κ1) is 15.0. The third-order valence-electron chi connectivity index (χ3n) is 3.24. The number of carbonyl (C=O) groups is 1. The molecule has 1 aromatic carbocycles. The van der Waals surface area contributed by atoms with Gasteiger partial charge in [0.1, 0.15) is 5.76 Å². The summed E-state index contributed by atoms with van der Waals surface area (Å²) in [5, 5.41) is 10.3. The van der Waals surface area contributed by atoms with Crippen LogP contribution >= 0.6 is 0 Å². The molecule has 0 fully saturated rings. The summed E-state index contributed by atoms with van der Waals surface area (Å²) >= 11 is 0. The van der Waals surface area contributed by atoms with E-state index in [2.05, 4.69) is 20.6 Å². The molecule has 0 aliphatic carbocycles. The lowest BCUT2D eigenvalue weighted by molar-refractivity contribution is -0.116. The summed E-state index contributed by atoms with van der Waals surface area (Å²) in [7, 11) is 0. The molecule has 7 heteroatoms. The van der Waals surface area contributed by atoms with Crippen LogP contribution in [-0.4, -0.2) is 21.2 Å². The van der Waals surface area contributed by atoms with E-state index in [0.717, 1.165) is 11.1 Å². The van der Waals surface area contributed by atoms with E-state index in [1.807, 2.05) is 31.2 Å². The quantitative estimate of drug-likeness (QED) is 0.778. The second-order valence-corrected chi connectivity index (χ2v) is 5.25. The topological polar surface area (TPSA) is 94.1 Å². The molecular weight excluding hydrogens is 296 g/mol. The van der Waals surface area contributed by atoms with E-state index in [1.165, 1.54) is 0 Å². The predicted molar refractivity (Wildman–Crippen MR) is 82.7 cm³/mol. The van der Waals surface area contributed by atoms with E-state index in [-0.39, 0.29) is 12.3 Å². The Kier molecular flexibility index (Phi) is 4.18. The lowest BCUT2D eigenvalue weighted by Crippen LogP contribution is -2.12. The van der Waals surface area contributed by atoms with E-state index in [0.29, 0.717) is 29.7 Å². The summed E-state index contributed by atoms with van der Waals surface area (Å²) in [5.74, 6) is 1.80. The first-order valence-corrected chi connectivity index (χ1v) is 7.23. The van der Waals surface area contributed by atoms with Crippen LogP contribution in [0, 0.1) is 13.8 Å². The molecule has 0 unspecified atom stereocenters. The lowest BCUT2D eigenvalue weighted by atomic mass is 10.1. The van der Waals surface area contributed by atoms with Crippen LogP contribution in [0.5, 0.6) is 0 Å². The number of hydrogen-bond acceptors (Lipinski definition) is 6. The molecule has 3 rings (SSSR count). The van der Waals surface area contributed by atoms with Gasteiger partial charge in [-0.25, -0.2) is 0 Å². The smallest absolute Gasteiger partial charge is 0.227 e. The molecule has 0 atom stereocenters. The Hall–Kier alpha value is -2.96. The van der Waals surface area contributed by atoms with Gasteiger partial charge in [-0.05, 0) is 13.8 Å². The Balaban J connectivity index is 1.56. The van der Waals surface area contributed by atoms with Crippen LogP contribution in [0.15, 0.2) is 39.4 Å². The Labute approximate surface area is 132 Å². The number of benzene rings is 1. The molecule has 0 aliphatic rings. The molecule has 0 saturated heterocycles. The fourth-order valence-corrected chi connectivity index (χ4v) is 2.03. The van der Waals surface area contributed by atoms with E-state index in [4.69, 9.17) is 9.05 Å². The highest BCUT2D eigenvalue weighted by Gasteiger charge is 2.11. The minimum Gasteiger partial charge on any atom is -0.360 e. The van der Waals surface area contributed by atoms with Gasteiger partial charge in [0.25, 0.3) is 0 Å². The van der Waals surface area contributed by atoms with Crippen molar-refractivity contribution >= 4 is 11.7 Å². The minimum absolute atomic E-state index is 0.187. The average molecular weight is 312 g/mol. The van der Waals surface area contributed by atoms with Gasteiger partial charge in [-0.15, -0.1) is 0 Å². The van der Waals surface area contributed by atoms with E-state index >= 15 is 0 Å². The standard InChI is InChI=1S/C16H16N4O3/c1-10-3-5-12(6-4-10)16-18-15(23-20-16)8-7-14(21)17-13-9-11(2)22-19-13/h3-6,9H,7-8H2,1-2H3,(H,17,19,21). The van der Waals surface area contributed by atoms with Crippen LogP contribution in [0.4, 0.5) is 5.82 Å². The Morgan fingerprint density at radius 3 is 2.61 bits per heavy atom. The lowest BCUT2D eigenvalue weighted by Gasteiger charge is -1.98. The van der Waals surface area contributed by atoms with Gasteiger partial charge in [0.05, 0.1) is 0 Å². The van der Waals surface area contributed by atoms with Gasteiger partial charge in [-0.3, -0.25) is 4.79 Å². The summed E-state index contributed by atoms with van der Waals surface area (Å²) in [5.41, 5.74) is 2.05. The van der Waals surface area contributed by atoms with Crippen molar-refractivity contribution < 1.29 is 13.8 Å². The Morgan fingerprint density at radius 2 is 1.91 bits per heavy atom. The van der Waals surface area contributed by atoms with Crippen LogP contribution in [0.3, 0.4) is 0 Å². The molecule has 1 N–H and O–H groups in total. The number of nitrogens with one attached hydrogen (secondary N) is 1. The molecule has 1 amide bonds. The van der Waals surface area contributed by atoms with Crippen molar-refractivity contribution in [2.45, 2.75) is 26.7 Å². The summed E-state index contributed by atoms with van der Waals surface area (Å²) in [6.45, 7) is 3.77. The molecular formula is C16H16N4O3. The van der Waals surface area contributed by atoms with Crippen LogP contribution < -0.4 is 5.32 Å². The Bertz CT molecular complexity index is 805. The van der Waals surface area contributed by atoms with Gasteiger partial charge in [0.2, 0.25) is 17.6 Å². The van der Waals surface area contributed by atoms with Gasteiger partial charge in [-0.2, -0.15) is 4.98 Å². The van der Waals surface area contributed by atoms with Crippen molar-refractivity contribution in [3.05, 3.63) is 47.5 Å². The second kappa shape index (κ2) is 6.43. The SMILES string of the molecule is Cc1ccc(-c2noc(CCC(=O)Nc3cc(C)on3)n2)cc1. The van der Waals surface area contributed by atoms with E-state index in [9.17, 15) is 4.79 Å². The molecule has 0 radical (unpaired) electrons. The average Bonchev–Trinajstić information content (AvgIpc) is 3.15. The van der Waals surface area contributed by atoms with Crippen molar-refractivity contribution in [2.24, 2.45) is 0 Å². The van der Waals surface area contributed by atoms with Crippen LogP contribution in [0.2, 0.25) is 0 Å². The van der Waals surface area contributed by atoms with Crippen molar-refractivity contribution in [3.8, 4) is 11.4 Å². The van der Waals surface area contributed by atoms with Crippen molar-refractivity contribution in [1.29, 1.82) is 0 Å². The third kappa shape index (κ3) is 3.82. The van der Waals surface area contributed by atoms with Gasteiger partial charge in [-0.1, -0.05) is 40.1 Å². The zero-order valence-electron chi connectivity index (χ0n) is 12.9. The number of aromatic nitrogens is 3. The van der Waals surface area contributed by atoms with E-state index < -0.39 is 0 Å². The number of rotatable bonds is 5. The largest absolute Gasteiger partial charge is 0.360 e. The molecule has 0 bridgehead atoms. The molecule has 0 aliphatic heterocycles. The fraction of sp³-hybridized carbons (Fsp3) is 0.250. The van der Waals surface area contributed by atoms with Crippen LogP contribution in [0.1, 0.15) is 23.6 Å². The highest BCUT2D eigenvalue weighted by Crippen LogP contribution is 2.17. The minimum atomic E-state index is -0.187. The molecule has 2 heterocycles.